The first kappa shape index (κ1) is 13.8. The standard InChI is InChI=1S/C15H21N3O/c1-13-17-11-15(10-16-8-9-19-2)18(13)12-14-6-4-3-5-7-14/h3-7,11,16H,8-10,12H2,1-2H3. The van der Waals surface area contributed by atoms with E-state index in [0.29, 0.717) is 0 Å². The third kappa shape index (κ3) is 3.91. The summed E-state index contributed by atoms with van der Waals surface area (Å²) in [6.07, 6.45) is 1.94. The van der Waals surface area contributed by atoms with Gasteiger partial charge in [0.2, 0.25) is 0 Å². The van der Waals surface area contributed by atoms with Crippen LogP contribution in [-0.4, -0.2) is 29.8 Å². The molecule has 0 aliphatic rings. The van der Waals surface area contributed by atoms with Crippen molar-refractivity contribution >= 4 is 0 Å². The van der Waals surface area contributed by atoms with E-state index < -0.39 is 0 Å². The van der Waals surface area contributed by atoms with Gasteiger partial charge in [-0.3, -0.25) is 0 Å². The number of imidazole rings is 1. The zero-order valence-corrected chi connectivity index (χ0v) is 11.6. The summed E-state index contributed by atoms with van der Waals surface area (Å²) in [5, 5.41) is 3.36. The number of aryl methyl sites for hydroxylation is 1. The largest absolute Gasteiger partial charge is 0.383 e. The summed E-state index contributed by atoms with van der Waals surface area (Å²) in [5.41, 5.74) is 2.50. The quantitative estimate of drug-likeness (QED) is 0.773. The van der Waals surface area contributed by atoms with Crippen LogP contribution in [0.3, 0.4) is 0 Å². The van der Waals surface area contributed by atoms with Crippen LogP contribution in [0.1, 0.15) is 17.1 Å². The number of rotatable bonds is 7. The van der Waals surface area contributed by atoms with E-state index in [1.165, 1.54) is 11.3 Å². The maximum Gasteiger partial charge on any atom is 0.106 e. The number of nitrogens with one attached hydrogen (secondary N) is 1. The van der Waals surface area contributed by atoms with Gasteiger partial charge in [0.15, 0.2) is 0 Å². The Morgan fingerprint density at radius 2 is 2.05 bits per heavy atom. The van der Waals surface area contributed by atoms with Crippen LogP contribution in [0.4, 0.5) is 0 Å². The fraction of sp³-hybridized carbons (Fsp3) is 0.400. The molecule has 1 aromatic heterocycles. The van der Waals surface area contributed by atoms with Crippen LogP contribution < -0.4 is 5.32 Å². The molecule has 0 amide bonds. The van der Waals surface area contributed by atoms with E-state index in [9.17, 15) is 0 Å². The molecule has 4 heteroatoms. The van der Waals surface area contributed by atoms with E-state index in [4.69, 9.17) is 4.74 Å². The Balaban J connectivity index is 2.01. The molecule has 1 heterocycles. The molecular weight excluding hydrogens is 238 g/mol. The van der Waals surface area contributed by atoms with Crippen LogP contribution in [0.2, 0.25) is 0 Å². The molecule has 0 spiro atoms. The minimum Gasteiger partial charge on any atom is -0.383 e. The molecule has 0 fully saturated rings. The van der Waals surface area contributed by atoms with Crippen molar-refractivity contribution in [3.63, 3.8) is 0 Å². The monoisotopic (exact) mass is 259 g/mol. The SMILES string of the molecule is COCCNCc1cnc(C)n1Cc1ccccc1. The lowest BCUT2D eigenvalue weighted by molar-refractivity contribution is 0.199. The van der Waals surface area contributed by atoms with Gasteiger partial charge in [-0.05, 0) is 12.5 Å². The van der Waals surface area contributed by atoms with Crippen LogP contribution in [-0.2, 0) is 17.8 Å². The number of hydrogen-bond acceptors (Lipinski definition) is 3. The Kier molecular flexibility index (Phi) is 5.12. The van der Waals surface area contributed by atoms with Crippen molar-refractivity contribution in [2.75, 3.05) is 20.3 Å². The lowest BCUT2D eigenvalue weighted by Crippen LogP contribution is -2.21. The van der Waals surface area contributed by atoms with Gasteiger partial charge in [-0.25, -0.2) is 4.98 Å². The molecular formula is C15H21N3O. The Bertz CT molecular complexity index is 493. The van der Waals surface area contributed by atoms with Crippen LogP contribution in [0.25, 0.3) is 0 Å². The Hall–Kier alpha value is -1.65. The summed E-state index contributed by atoms with van der Waals surface area (Å²) in [6.45, 7) is 5.31. The molecule has 4 nitrogen and oxygen atoms in total. The Labute approximate surface area is 114 Å². The van der Waals surface area contributed by atoms with Crippen molar-refractivity contribution in [1.82, 2.24) is 14.9 Å². The van der Waals surface area contributed by atoms with Crippen molar-refractivity contribution in [2.45, 2.75) is 20.0 Å². The van der Waals surface area contributed by atoms with Gasteiger partial charge in [0.05, 0.1) is 12.3 Å². The van der Waals surface area contributed by atoms with Gasteiger partial charge < -0.3 is 14.6 Å². The maximum atomic E-state index is 5.03. The summed E-state index contributed by atoms with van der Waals surface area (Å²) in [7, 11) is 1.71. The average Bonchev–Trinajstić information content (AvgIpc) is 2.78. The molecule has 0 atom stereocenters. The van der Waals surface area contributed by atoms with E-state index in [2.05, 4.69) is 39.1 Å². The van der Waals surface area contributed by atoms with Crippen molar-refractivity contribution in [3.05, 3.63) is 53.6 Å². The highest BCUT2D eigenvalue weighted by Crippen LogP contribution is 2.09. The van der Waals surface area contributed by atoms with Crippen molar-refractivity contribution in [3.8, 4) is 0 Å². The summed E-state index contributed by atoms with van der Waals surface area (Å²) in [4.78, 5) is 4.40. The molecule has 0 bridgehead atoms. The summed E-state index contributed by atoms with van der Waals surface area (Å²) < 4.78 is 7.27. The van der Waals surface area contributed by atoms with E-state index in [0.717, 1.165) is 32.1 Å². The third-order valence-electron chi connectivity index (χ3n) is 3.11. The fourth-order valence-electron chi connectivity index (χ4n) is 2.03. The number of ether oxygens (including phenoxy) is 1. The molecule has 0 saturated carbocycles. The third-order valence-corrected chi connectivity index (χ3v) is 3.11. The van der Waals surface area contributed by atoms with E-state index in [-0.39, 0.29) is 0 Å². The number of methoxy groups -OCH3 is 1. The fourth-order valence-corrected chi connectivity index (χ4v) is 2.03. The second-order valence-electron chi connectivity index (χ2n) is 4.54. The van der Waals surface area contributed by atoms with Crippen molar-refractivity contribution < 1.29 is 4.74 Å². The summed E-state index contributed by atoms with van der Waals surface area (Å²) in [5.74, 6) is 1.05. The van der Waals surface area contributed by atoms with Gasteiger partial charge in [-0.15, -0.1) is 0 Å². The lowest BCUT2D eigenvalue weighted by Gasteiger charge is -2.11. The van der Waals surface area contributed by atoms with Gasteiger partial charge in [0, 0.05) is 32.9 Å². The smallest absolute Gasteiger partial charge is 0.106 e. The van der Waals surface area contributed by atoms with Crippen molar-refractivity contribution in [2.24, 2.45) is 0 Å². The summed E-state index contributed by atoms with van der Waals surface area (Å²) in [6, 6.07) is 10.5. The summed E-state index contributed by atoms with van der Waals surface area (Å²) >= 11 is 0. The van der Waals surface area contributed by atoms with Gasteiger partial charge >= 0.3 is 0 Å². The zero-order chi connectivity index (χ0) is 13.5. The first-order chi connectivity index (χ1) is 9.31. The normalized spacial score (nSPS) is 10.8. The molecule has 2 rings (SSSR count). The Morgan fingerprint density at radius 3 is 2.79 bits per heavy atom. The van der Waals surface area contributed by atoms with Gasteiger partial charge in [0.25, 0.3) is 0 Å². The second kappa shape index (κ2) is 7.07. The molecule has 1 aromatic carbocycles. The Morgan fingerprint density at radius 1 is 1.26 bits per heavy atom. The van der Waals surface area contributed by atoms with Crippen LogP contribution >= 0.6 is 0 Å². The van der Waals surface area contributed by atoms with Gasteiger partial charge in [0.1, 0.15) is 5.82 Å². The molecule has 1 N–H and O–H groups in total. The van der Waals surface area contributed by atoms with Gasteiger partial charge in [-0.1, -0.05) is 30.3 Å². The highest BCUT2D eigenvalue weighted by Gasteiger charge is 2.06. The predicted molar refractivity (Wildman–Crippen MR) is 76.1 cm³/mol. The zero-order valence-electron chi connectivity index (χ0n) is 11.6. The molecule has 0 aliphatic carbocycles. The molecule has 0 saturated heterocycles. The lowest BCUT2D eigenvalue weighted by atomic mass is 10.2. The topological polar surface area (TPSA) is 39.1 Å². The maximum absolute atomic E-state index is 5.03. The van der Waals surface area contributed by atoms with Crippen LogP contribution in [0.15, 0.2) is 36.5 Å². The molecule has 0 aliphatic heterocycles. The molecule has 2 aromatic rings. The van der Waals surface area contributed by atoms with E-state index in [1.807, 2.05) is 19.2 Å². The molecule has 19 heavy (non-hydrogen) atoms. The minimum absolute atomic E-state index is 0.728. The first-order valence-electron chi connectivity index (χ1n) is 6.56. The first-order valence-corrected chi connectivity index (χ1v) is 6.56. The highest BCUT2D eigenvalue weighted by atomic mass is 16.5. The highest BCUT2D eigenvalue weighted by molar-refractivity contribution is 5.17. The number of benzene rings is 1. The number of aromatic nitrogens is 2. The molecule has 0 unspecified atom stereocenters. The number of nitrogens with zero attached hydrogens (tertiary/aromatic N) is 2. The van der Waals surface area contributed by atoms with Crippen molar-refractivity contribution in [1.29, 1.82) is 0 Å². The molecule has 0 radical (unpaired) electrons. The van der Waals surface area contributed by atoms with E-state index in [1.54, 1.807) is 7.11 Å². The molecule has 102 valence electrons. The average molecular weight is 259 g/mol. The van der Waals surface area contributed by atoms with E-state index >= 15 is 0 Å². The van der Waals surface area contributed by atoms with Crippen LogP contribution in [0, 0.1) is 6.92 Å². The van der Waals surface area contributed by atoms with Gasteiger partial charge in [-0.2, -0.15) is 0 Å². The predicted octanol–water partition coefficient (Wildman–Crippen LogP) is 1.98. The minimum atomic E-state index is 0.728. The number of hydrogen-bond donors (Lipinski definition) is 1. The van der Waals surface area contributed by atoms with Crippen LogP contribution in [0.5, 0.6) is 0 Å². The second-order valence-corrected chi connectivity index (χ2v) is 4.54.